The van der Waals surface area contributed by atoms with E-state index in [9.17, 15) is 18.0 Å². The largest absolute Gasteiger partial charge is 0.573 e. The van der Waals surface area contributed by atoms with Gasteiger partial charge in [-0.05, 0) is 62.4 Å². The normalized spacial score (nSPS) is 11.9. The molecule has 2 aromatic rings. The van der Waals surface area contributed by atoms with Crippen LogP contribution in [0, 0.1) is 0 Å². The molecule has 1 aromatic carbocycles. The molecule has 7 nitrogen and oxygen atoms in total. The van der Waals surface area contributed by atoms with Crippen molar-refractivity contribution in [3.63, 3.8) is 0 Å². The Kier molecular flexibility index (Phi) is 6.68. The molecule has 0 bridgehead atoms. The summed E-state index contributed by atoms with van der Waals surface area (Å²) in [6.45, 7) is 7.77. The van der Waals surface area contributed by atoms with Crippen LogP contribution in [0.15, 0.2) is 29.4 Å². The van der Waals surface area contributed by atoms with Gasteiger partial charge in [-0.25, -0.2) is 0 Å². The van der Waals surface area contributed by atoms with Gasteiger partial charge >= 0.3 is 6.36 Å². The highest BCUT2D eigenvalue weighted by Crippen LogP contribution is 2.25. The van der Waals surface area contributed by atoms with E-state index >= 15 is 0 Å². The van der Waals surface area contributed by atoms with E-state index in [-0.39, 0.29) is 29.5 Å². The number of nitrogens with zero attached hydrogens (tertiary/aromatic N) is 5. The minimum atomic E-state index is -4.75. The monoisotopic (exact) mass is 403 g/mol. The fourth-order valence-corrected chi connectivity index (χ4v) is 3.35. The van der Waals surface area contributed by atoms with Crippen LogP contribution < -0.4 is 4.74 Å². The van der Waals surface area contributed by atoms with Crippen molar-refractivity contribution in [2.75, 3.05) is 5.75 Å². The van der Waals surface area contributed by atoms with Crippen LogP contribution in [-0.2, 0) is 4.79 Å². The predicted molar refractivity (Wildman–Crippen MR) is 93.7 cm³/mol. The fourth-order valence-electron chi connectivity index (χ4n) is 2.59. The summed E-state index contributed by atoms with van der Waals surface area (Å²) >= 11 is 1.16. The highest BCUT2D eigenvalue weighted by Gasteiger charge is 2.31. The molecule has 148 valence electrons. The van der Waals surface area contributed by atoms with Crippen LogP contribution in [0.5, 0.6) is 5.75 Å². The first-order chi connectivity index (χ1) is 12.6. The fraction of sp³-hybridized carbons (Fsp3) is 0.500. The molecule has 0 aliphatic carbocycles. The quantitative estimate of drug-likeness (QED) is 0.661. The third-order valence-electron chi connectivity index (χ3n) is 3.48. The number of amides is 1. The molecule has 11 heteroatoms. The van der Waals surface area contributed by atoms with Gasteiger partial charge < -0.3 is 9.64 Å². The second-order valence-corrected chi connectivity index (χ2v) is 7.13. The summed E-state index contributed by atoms with van der Waals surface area (Å²) in [4.78, 5) is 14.2. The zero-order valence-corrected chi connectivity index (χ0v) is 16.1. The van der Waals surface area contributed by atoms with Gasteiger partial charge in [0, 0.05) is 12.1 Å². The molecule has 0 aliphatic rings. The molecule has 0 N–H and O–H groups in total. The van der Waals surface area contributed by atoms with Gasteiger partial charge in [0.2, 0.25) is 11.1 Å². The van der Waals surface area contributed by atoms with E-state index in [4.69, 9.17) is 0 Å². The van der Waals surface area contributed by atoms with Crippen molar-refractivity contribution >= 4 is 17.7 Å². The summed E-state index contributed by atoms with van der Waals surface area (Å²) in [5, 5.41) is 11.6. The van der Waals surface area contributed by atoms with Crippen LogP contribution >= 0.6 is 11.8 Å². The molecule has 0 saturated carbocycles. The maximum Gasteiger partial charge on any atom is 0.573 e. The second kappa shape index (κ2) is 8.59. The standard InChI is InChI=1S/C16H20F3N5O2S/c1-10(2)23(11(3)4)14(25)9-27-15-20-21-22-24(15)12-5-7-13(8-6-12)26-16(17,18)19/h5-8,10-11H,9H2,1-4H3. The number of ether oxygens (including phenoxy) is 1. The van der Waals surface area contributed by atoms with Gasteiger partial charge in [-0.15, -0.1) is 18.3 Å². The number of hydrogen-bond acceptors (Lipinski definition) is 6. The molecule has 1 amide bonds. The highest BCUT2D eigenvalue weighted by atomic mass is 32.2. The molecule has 0 atom stereocenters. The van der Waals surface area contributed by atoms with Crippen molar-refractivity contribution in [1.29, 1.82) is 0 Å². The van der Waals surface area contributed by atoms with E-state index < -0.39 is 6.36 Å². The Hall–Kier alpha value is -2.30. The Morgan fingerprint density at radius 3 is 2.30 bits per heavy atom. The van der Waals surface area contributed by atoms with Gasteiger partial charge in [-0.1, -0.05) is 11.8 Å². The maximum atomic E-state index is 12.5. The van der Waals surface area contributed by atoms with Crippen LogP contribution in [0.4, 0.5) is 13.2 Å². The third kappa shape index (κ3) is 5.84. The van der Waals surface area contributed by atoms with Gasteiger partial charge in [-0.3, -0.25) is 4.79 Å². The number of tetrazole rings is 1. The van der Waals surface area contributed by atoms with Crippen LogP contribution in [-0.4, -0.2) is 55.2 Å². The van der Waals surface area contributed by atoms with E-state index in [0.717, 1.165) is 11.8 Å². The maximum absolute atomic E-state index is 12.5. The number of thioether (sulfide) groups is 1. The molecule has 0 saturated heterocycles. The van der Waals surface area contributed by atoms with Gasteiger partial charge in [0.1, 0.15) is 5.75 Å². The Balaban J connectivity index is 2.08. The topological polar surface area (TPSA) is 73.1 Å². The number of carbonyl (C=O) groups excluding carboxylic acids is 1. The number of rotatable bonds is 7. The summed E-state index contributed by atoms with van der Waals surface area (Å²) in [6.07, 6.45) is -4.75. The predicted octanol–water partition coefficient (Wildman–Crippen LogP) is 3.30. The zero-order chi connectivity index (χ0) is 20.2. The summed E-state index contributed by atoms with van der Waals surface area (Å²) in [6, 6.07) is 5.27. The first-order valence-corrected chi connectivity index (χ1v) is 9.15. The molecule has 0 fully saturated rings. The molecule has 0 aliphatic heterocycles. The lowest BCUT2D eigenvalue weighted by atomic mass is 10.2. The molecule has 0 spiro atoms. The van der Waals surface area contributed by atoms with Crippen LogP contribution in [0.3, 0.4) is 0 Å². The van der Waals surface area contributed by atoms with E-state index in [2.05, 4.69) is 20.3 Å². The summed E-state index contributed by atoms with van der Waals surface area (Å²) in [5.41, 5.74) is 0.453. The van der Waals surface area contributed by atoms with Crippen LogP contribution in [0.25, 0.3) is 5.69 Å². The molecular formula is C16H20F3N5O2S. The van der Waals surface area contributed by atoms with E-state index in [0.29, 0.717) is 10.8 Å². The minimum absolute atomic E-state index is 0.0477. The average Bonchev–Trinajstić information content (AvgIpc) is 3.00. The Bertz CT molecular complexity index is 754. The van der Waals surface area contributed by atoms with E-state index in [1.54, 1.807) is 4.90 Å². The zero-order valence-electron chi connectivity index (χ0n) is 15.3. The van der Waals surface area contributed by atoms with Crippen molar-refractivity contribution in [3.8, 4) is 11.4 Å². The molecule has 27 heavy (non-hydrogen) atoms. The van der Waals surface area contributed by atoms with Crippen molar-refractivity contribution < 1.29 is 22.7 Å². The van der Waals surface area contributed by atoms with Crippen molar-refractivity contribution in [2.24, 2.45) is 0 Å². The Labute approximate surface area is 158 Å². The van der Waals surface area contributed by atoms with Gasteiger partial charge in [-0.2, -0.15) is 4.68 Å². The van der Waals surface area contributed by atoms with Crippen LogP contribution in [0.2, 0.25) is 0 Å². The second-order valence-electron chi connectivity index (χ2n) is 6.19. The van der Waals surface area contributed by atoms with Crippen molar-refractivity contribution in [1.82, 2.24) is 25.1 Å². The number of alkyl halides is 3. The summed E-state index contributed by atoms with van der Waals surface area (Å²) < 4.78 is 41.9. The van der Waals surface area contributed by atoms with E-state index in [1.807, 2.05) is 27.7 Å². The van der Waals surface area contributed by atoms with Gasteiger partial charge in [0.05, 0.1) is 11.4 Å². The number of halogens is 3. The number of benzene rings is 1. The highest BCUT2D eigenvalue weighted by molar-refractivity contribution is 7.99. The van der Waals surface area contributed by atoms with Crippen molar-refractivity contribution in [2.45, 2.75) is 51.3 Å². The smallest absolute Gasteiger partial charge is 0.406 e. The van der Waals surface area contributed by atoms with Crippen molar-refractivity contribution in [3.05, 3.63) is 24.3 Å². The average molecular weight is 403 g/mol. The molecule has 2 rings (SSSR count). The summed E-state index contributed by atoms with van der Waals surface area (Å²) in [5.74, 6) is -0.242. The Morgan fingerprint density at radius 2 is 1.78 bits per heavy atom. The number of carbonyl (C=O) groups is 1. The first-order valence-electron chi connectivity index (χ1n) is 8.17. The SMILES string of the molecule is CC(C)N(C(=O)CSc1nnnn1-c1ccc(OC(F)(F)F)cc1)C(C)C. The van der Waals surface area contributed by atoms with E-state index in [1.165, 1.54) is 28.9 Å². The molecule has 0 unspecified atom stereocenters. The van der Waals surface area contributed by atoms with Crippen LogP contribution in [0.1, 0.15) is 27.7 Å². The van der Waals surface area contributed by atoms with Gasteiger partial charge in [0.15, 0.2) is 0 Å². The number of aromatic nitrogens is 4. The summed E-state index contributed by atoms with van der Waals surface area (Å²) in [7, 11) is 0. The lowest BCUT2D eigenvalue weighted by molar-refractivity contribution is -0.274. The molecule has 1 aromatic heterocycles. The first kappa shape index (κ1) is 21.0. The lowest BCUT2D eigenvalue weighted by Crippen LogP contribution is -2.43. The third-order valence-corrected chi connectivity index (χ3v) is 4.39. The lowest BCUT2D eigenvalue weighted by Gasteiger charge is -2.30. The molecule has 0 radical (unpaired) electrons. The van der Waals surface area contributed by atoms with Gasteiger partial charge in [0.25, 0.3) is 0 Å². The Morgan fingerprint density at radius 1 is 1.19 bits per heavy atom. The number of hydrogen-bond donors (Lipinski definition) is 0. The minimum Gasteiger partial charge on any atom is -0.406 e. The molecular weight excluding hydrogens is 383 g/mol. The molecule has 1 heterocycles.